The summed E-state index contributed by atoms with van der Waals surface area (Å²) in [5.41, 5.74) is 0.157. The topological polar surface area (TPSA) is 49.8 Å². The average Bonchev–Trinajstić information content (AvgIpc) is 2.38. The van der Waals surface area contributed by atoms with Crippen LogP contribution in [0.3, 0.4) is 0 Å². The van der Waals surface area contributed by atoms with Gasteiger partial charge in [0, 0.05) is 25.7 Å². The molecule has 1 N–H and O–H groups in total. The highest BCUT2D eigenvalue weighted by molar-refractivity contribution is 5.70. The first-order valence-electron chi connectivity index (χ1n) is 8.20. The minimum atomic E-state index is -0.648. The minimum absolute atomic E-state index is 0.157. The molecule has 0 aromatic heterocycles. The van der Waals surface area contributed by atoms with Gasteiger partial charge in [-0.2, -0.15) is 0 Å². The van der Waals surface area contributed by atoms with Crippen molar-refractivity contribution in [3.8, 4) is 0 Å². The number of hydrogen-bond acceptors (Lipinski definition) is 3. The zero-order chi connectivity index (χ0) is 14.2. The van der Waals surface area contributed by atoms with E-state index in [2.05, 4.69) is 4.90 Å². The maximum Gasteiger partial charge on any atom is 0.306 e. The van der Waals surface area contributed by atoms with E-state index in [0.29, 0.717) is 12.0 Å². The fourth-order valence-electron chi connectivity index (χ4n) is 4.22. The van der Waals surface area contributed by atoms with Gasteiger partial charge in [-0.25, -0.2) is 0 Å². The Morgan fingerprint density at radius 1 is 1.30 bits per heavy atom. The third kappa shape index (κ3) is 2.73. The number of carbonyl (C=O) groups is 1. The van der Waals surface area contributed by atoms with Crippen LogP contribution in [0.25, 0.3) is 0 Å². The summed E-state index contributed by atoms with van der Waals surface area (Å²) in [6, 6.07) is 0.624. The number of likely N-dealkylation sites (tertiary alicyclic amines) is 1. The SMILES string of the molecule is CC(C(=O)O)C1CN(C2CCOC3(CCCCC3)C2)C1. The third-order valence-electron chi connectivity index (χ3n) is 5.78. The lowest BCUT2D eigenvalue weighted by atomic mass is 9.76. The van der Waals surface area contributed by atoms with Crippen LogP contribution in [0.4, 0.5) is 0 Å². The molecule has 0 amide bonds. The Hall–Kier alpha value is -0.610. The molecule has 3 fully saturated rings. The van der Waals surface area contributed by atoms with Crippen molar-refractivity contribution in [2.75, 3.05) is 19.7 Å². The summed E-state index contributed by atoms with van der Waals surface area (Å²) in [6.45, 7) is 4.67. The largest absolute Gasteiger partial charge is 0.481 e. The Morgan fingerprint density at radius 3 is 2.65 bits per heavy atom. The van der Waals surface area contributed by atoms with Crippen LogP contribution in [0.15, 0.2) is 0 Å². The molecular formula is C16H27NO3. The van der Waals surface area contributed by atoms with E-state index in [0.717, 1.165) is 26.1 Å². The maximum absolute atomic E-state index is 11.0. The summed E-state index contributed by atoms with van der Waals surface area (Å²) in [4.78, 5) is 13.5. The van der Waals surface area contributed by atoms with Crippen molar-refractivity contribution in [3.05, 3.63) is 0 Å². The van der Waals surface area contributed by atoms with Crippen molar-refractivity contribution >= 4 is 5.97 Å². The lowest BCUT2D eigenvalue weighted by Crippen LogP contribution is -2.59. The van der Waals surface area contributed by atoms with Crippen LogP contribution in [-0.4, -0.2) is 47.3 Å². The molecule has 3 aliphatic rings. The number of carboxylic acid groups (broad SMARTS) is 1. The van der Waals surface area contributed by atoms with Crippen LogP contribution in [0, 0.1) is 11.8 Å². The summed E-state index contributed by atoms with van der Waals surface area (Å²) in [5, 5.41) is 9.07. The first-order valence-corrected chi connectivity index (χ1v) is 8.20. The highest BCUT2D eigenvalue weighted by Crippen LogP contribution is 2.41. The van der Waals surface area contributed by atoms with Crippen LogP contribution in [0.1, 0.15) is 51.9 Å². The number of rotatable bonds is 3. The van der Waals surface area contributed by atoms with E-state index in [1.807, 2.05) is 6.92 Å². The van der Waals surface area contributed by atoms with Gasteiger partial charge in [0.1, 0.15) is 0 Å². The molecule has 2 aliphatic heterocycles. The zero-order valence-electron chi connectivity index (χ0n) is 12.5. The van der Waals surface area contributed by atoms with Crippen LogP contribution in [0.2, 0.25) is 0 Å². The predicted molar refractivity (Wildman–Crippen MR) is 76.7 cm³/mol. The number of carboxylic acids is 1. The smallest absolute Gasteiger partial charge is 0.306 e. The molecule has 2 unspecified atom stereocenters. The first kappa shape index (κ1) is 14.3. The monoisotopic (exact) mass is 281 g/mol. The standard InChI is InChI=1S/C16H27NO3/c1-12(15(18)19)13-10-17(11-13)14-5-8-20-16(9-14)6-3-2-4-7-16/h12-14H,2-11H2,1H3,(H,18,19). The molecule has 2 atom stereocenters. The average molecular weight is 281 g/mol. The first-order chi connectivity index (χ1) is 9.60. The maximum atomic E-state index is 11.0. The second-order valence-corrected chi connectivity index (χ2v) is 7.08. The van der Waals surface area contributed by atoms with Gasteiger partial charge in [0.05, 0.1) is 11.5 Å². The highest BCUT2D eigenvalue weighted by Gasteiger charge is 2.44. The van der Waals surface area contributed by atoms with Gasteiger partial charge in [-0.3, -0.25) is 9.69 Å². The molecule has 2 saturated heterocycles. The number of ether oxygens (including phenoxy) is 1. The molecule has 0 aromatic carbocycles. The second-order valence-electron chi connectivity index (χ2n) is 7.08. The lowest BCUT2D eigenvalue weighted by molar-refractivity contribution is -0.152. The molecule has 1 spiro atoms. The summed E-state index contributed by atoms with van der Waals surface area (Å²) < 4.78 is 6.15. The highest BCUT2D eigenvalue weighted by atomic mass is 16.5. The van der Waals surface area contributed by atoms with E-state index < -0.39 is 5.97 Å². The fourth-order valence-corrected chi connectivity index (χ4v) is 4.22. The molecule has 3 rings (SSSR count). The Bertz CT molecular complexity index is 353. The summed E-state index contributed by atoms with van der Waals surface area (Å²) >= 11 is 0. The van der Waals surface area contributed by atoms with Crippen LogP contribution in [0.5, 0.6) is 0 Å². The Morgan fingerprint density at radius 2 is 2.00 bits per heavy atom. The Labute approximate surface area is 121 Å². The van der Waals surface area contributed by atoms with Gasteiger partial charge in [0.2, 0.25) is 0 Å². The van der Waals surface area contributed by atoms with Gasteiger partial charge >= 0.3 is 5.97 Å². The summed E-state index contributed by atoms with van der Waals surface area (Å²) in [7, 11) is 0. The van der Waals surface area contributed by atoms with Crippen LogP contribution >= 0.6 is 0 Å². The molecule has 20 heavy (non-hydrogen) atoms. The molecular weight excluding hydrogens is 254 g/mol. The Kier molecular flexibility index (Phi) is 4.04. The third-order valence-corrected chi connectivity index (χ3v) is 5.78. The lowest BCUT2D eigenvalue weighted by Gasteiger charge is -2.52. The van der Waals surface area contributed by atoms with Gasteiger partial charge in [-0.05, 0) is 31.6 Å². The molecule has 2 heterocycles. The van der Waals surface area contributed by atoms with Gasteiger partial charge < -0.3 is 9.84 Å². The molecule has 114 valence electrons. The molecule has 4 nitrogen and oxygen atoms in total. The van der Waals surface area contributed by atoms with E-state index >= 15 is 0 Å². The van der Waals surface area contributed by atoms with Crippen molar-refractivity contribution in [1.82, 2.24) is 4.90 Å². The van der Waals surface area contributed by atoms with Crippen molar-refractivity contribution < 1.29 is 14.6 Å². The van der Waals surface area contributed by atoms with Crippen molar-refractivity contribution in [2.24, 2.45) is 11.8 Å². The number of nitrogens with zero attached hydrogens (tertiary/aromatic N) is 1. The van der Waals surface area contributed by atoms with Gasteiger partial charge in [-0.1, -0.05) is 26.2 Å². The molecule has 1 saturated carbocycles. The second kappa shape index (κ2) is 5.64. The quantitative estimate of drug-likeness (QED) is 0.863. The molecule has 0 radical (unpaired) electrons. The van der Waals surface area contributed by atoms with E-state index in [4.69, 9.17) is 9.84 Å². The normalized spacial score (nSPS) is 32.8. The number of aliphatic carboxylic acids is 1. The molecule has 4 heteroatoms. The number of hydrogen-bond donors (Lipinski definition) is 1. The van der Waals surface area contributed by atoms with Crippen LogP contribution < -0.4 is 0 Å². The van der Waals surface area contributed by atoms with E-state index in [1.54, 1.807) is 0 Å². The molecule has 0 aromatic rings. The molecule has 1 aliphatic carbocycles. The van der Waals surface area contributed by atoms with E-state index in [9.17, 15) is 4.79 Å². The minimum Gasteiger partial charge on any atom is -0.481 e. The fraction of sp³-hybridized carbons (Fsp3) is 0.938. The van der Waals surface area contributed by atoms with E-state index in [1.165, 1.54) is 38.5 Å². The predicted octanol–water partition coefficient (Wildman–Crippen LogP) is 2.52. The van der Waals surface area contributed by atoms with Gasteiger partial charge in [0.15, 0.2) is 0 Å². The Balaban J connectivity index is 1.53. The van der Waals surface area contributed by atoms with E-state index in [-0.39, 0.29) is 11.5 Å². The molecule has 0 bridgehead atoms. The summed E-state index contributed by atoms with van der Waals surface area (Å²) in [6.07, 6.45) is 8.73. The summed E-state index contributed by atoms with van der Waals surface area (Å²) in [5.74, 6) is -0.502. The van der Waals surface area contributed by atoms with Crippen molar-refractivity contribution in [1.29, 1.82) is 0 Å². The zero-order valence-corrected chi connectivity index (χ0v) is 12.5. The van der Waals surface area contributed by atoms with Gasteiger partial charge in [-0.15, -0.1) is 0 Å². The van der Waals surface area contributed by atoms with Crippen LogP contribution in [-0.2, 0) is 9.53 Å². The van der Waals surface area contributed by atoms with Crippen molar-refractivity contribution in [3.63, 3.8) is 0 Å². The van der Waals surface area contributed by atoms with Gasteiger partial charge in [0.25, 0.3) is 0 Å². The van der Waals surface area contributed by atoms with Crippen molar-refractivity contribution in [2.45, 2.75) is 63.5 Å².